The number of hydrogen-bond donors (Lipinski definition) is 0. The Morgan fingerprint density at radius 3 is 2.35 bits per heavy atom. The van der Waals surface area contributed by atoms with Gasteiger partial charge in [0.15, 0.2) is 11.6 Å². The van der Waals surface area contributed by atoms with Crippen LogP contribution in [0.5, 0.6) is 5.75 Å². The lowest BCUT2D eigenvalue weighted by atomic mass is 9.70. The third-order valence-corrected chi connectivity index (χ3v) is 8.75. The monoisotopic (exact) mass is 474 g/mol. The smallest absolute Gasteiger partial charge is 0.200 e. The zero-order valence-corrected chi connectivity index (χ0v) is 21.2. The van der Waals surface area contributed by atoms with E-state index in [1.54, 1.807) is 13.0 Å². The molecule has 2 nitrogen and oxygen atoms in total. The molecule has 1 heterocycles. The molecule has 0 amide bonds. The van der Waals surface area contributed by atoms with E-state index >= 15 is 0 Å². The van der Waals surface area contributed by atoms with Crippen molar-refractivity contribution < 1.29 is 18.3 Å². The van der Waals surface area contributed by atoms with Crippen molar-refractivity contribution in [3.05, 3.63) is 41.5 Å². The van der Waals surface area contributed by atoms with Gasteiger partial charge in [0.1, 0.15) is 0 Å². The molecule has 4 unspecified atom stereocenters. The van der Waals surface area contributed by atoms with E-state index in [2.05, 4.69) is 19.1 Å². The van der Waals surface area contributed by atoms with Crippen LogP contribution in [-0.2, 0) is 4.74 Å². The summed E-state index contributed by atoms with van der Waals surface area (Å²) in [6, 6.07) is 3.08. The van der Waals surface area contributed by atoms with E-state index in [9.17, 15) is 8.78 Å². The molecule has 4 atom stereocenters. The van der Waals surface area contributed by atoms with Crippen LogP contribution in [0.1, 0.15) is 89.5 Å². The fourth-order valence-corrected chi connectivity index (χ4v) is 6.41. The Labute approximate surface area is 205 Å². The first-order valence-corrected chi connectivity index (χ1v) is 13.9. The summed E-state index contributed by atoms with van der Waals surface area (Å²) in [5.41, 5.74) is 0.300. The van der Waals surface area contributed by atoms with Crippen molar-refractivity contribution in [1.82, 2.24) is 0 Å². The van der Waals surface area contributed by atoms with Gasteiger partial charge in [0, 0.05) is 5.92 Å². The topological polar surface area (TPSA) is 18.5 Å². The lowest BCUT2D eigenvalue weighted by molar-refractivity contribution is -0.0665. The van der Waals surface area contributed by atoms with Crippen LogP contribution in [0, 0.1) is 48.1 Å². The highest BCUT2D eigenvalue weighted by Crippen LogP contribution is 2.42. The van der Waals surface area contributed by atoms with E-state index in [4.69, 9.17) is 9.47 Å². The second-order valence-corrected chi connectivity index (χ2v) is 11.2. The molecule has 4 heteroatoms. The molecule has 0 aromatic heterocycles. The minimum atomic E-state index is -0.883. The van der Waals surface area contributed by atoms with Crippen LogP contribution in [0.3, 0.4) is 0 Å². The lowest BCUT2D eigenvalue weighted by Crippen LogP contribution is -2.36. The molecule has 0 radical (unpaired) electrons. The minimum absolute atomic E-state index is 0.00703. The van der Waals surface area contributed by atoms with Crippen LogP contribution in [0.4, 0.5) is 8.78 Å². The van der Waals surface area contributed by atoms with Gasteiger partial charge >= 0.3 is 0 Å². The fourth-order valence-electron chi connectivity index (χ4n) is 6.41. The van der Waals surface area contributed by atoms with Crippen molar-refractivity contribution in [2.45, 2.75) is 97.0 Å². The Morgan fingerprint density at radius 1 is 0.882 bits per heavy atom. The van der Waals surface area contributed by atoms with Crippen molar-refractivity contribution in [2.24, 2.45) is 29.6 Å². The Kier molecular flexibility index (Phi) is 9.45. The number of allylic oxidation sites excluding steroid dienone is 2. The fraction of sp³-hybridized carbons (Fsp3) is 0.733. The van der Waals surface area contributed by atoms with E-state index in [0.29, 0.717) is 30.8 Å². The van der Waals surface area contributed by atoms with Crippen molar-refractivity contribution in [1.29, 1.82) is 0 Å². The van der Waals surface area contributed by atoms with E-state index in [0.717, 1.165) is 30.6 Å². The number of benzene rings is 1. The Bertz CT molecular complexity index is 791. The van der Waals surface area contributed by atoms with Gasteiger partial charge in [0.2, 0.25) is 5.82 Å². The molecule has 2 fully saturated rings. The average Bonchev–Trinajstić information content (AvgIpc) is 2.88. The molecular weight excluding hydrogens is 430 g/mol. The largest absolute Gasteiger partial charge is 0.490 e. The molecule has 1 aliphatic heterocycles. The maximum absolute atomic E-state index is 14.0. The third-order valence-electron chi connectivity index (χ3n) is 8.75. The maximum atomic E-state index is 14.0. The van der Waals surface area contributed by atoms with Crippen LogP contribution in [-0.4, -0.2) is 19.3 Å². The molecule has 0 spiro atoms. The van der Waals surface area contributed by atoms with Gasteiger partial charge in [-0.3, -0.25) is 0 Å². The third kappa shape index (κ3) is 6.62. The number of hydrogen-bond acceptors (Lipinski definition) is 2. The maximum Gasteiger partial charge on any atom is 0.200 e. The number of rotatable bonds is 9. The molecule has 0 N–H and O–H groups in total. The number of halogens is 2. The Morgan fingerprint density at radius 2 is 1.68 bits per heavy atom. The van der Waals surface area contributed by atoms with Crippen molar-refractivity contribution in [3.8, 4) is 5.75 Å². The van der Waals surface area contributed by atoms with Gasteiger partial charge in [-0.1, -0.05) is 44.4 Å². The highest BCUT2D eigenvalue weighted by Gasteiger charge is 2.34. The van der Waals surface area contributed by atoms with E-state index in [1.165, 1.54) is 70.3 Å². The van der Waals surface area contributed by atoms with E-state index in [-0.39, 0.29) is 11.7 Å². The molecule has 34 heavy (non-hydrogen) atoms. The van der Waals surface area contributed by atoms with Crippen LogP contribution in [0.2, 0.25) is 0 Å². The Balaban J connectivity index is 1.15. The van der Waals surface area contributed by atoms with Crippen molar-refractivity contribution in [3.63, 3.8) is 0 Å². The SMILES string of the molecule is CCCCCC1C=CC(C2CCC(C3CCC(COc4ccc(C)c(F)c4F)CO3)CC2)CC1. The van der Waals surface area contributed by atoms with Crippen LogP contribution in [0.25, 0.3) is 0 Å². The number of unbranched alkanes of at least 4 members (excludes halogenated alkanes) is 2. The summed E-state index contributed by atoms with van der Waals surface area (Å²) in [7, 11) is 0. The highest BCUT2D eigenvalue weighted by molar-refractivity contribution is 5.30. The van der Waals surface area contributed by atoms with Crippen molar-refractivity contribution >= 4 is 0 Å². The molecule has 0 bridgehead atoms. The zero-order chi connectivity index (χ0) is 23.9. The number of aryl methyl sites for hydroxylation is 1. The average molecular weight is 475 g/mol. The number of ether oxygens (including phenoxy) is 2. The molecule has 1 saturated heterocycles. The van der Waals surface area contributed by atoms with Gasteiger partial charge in [0.05, 0.1) is 19.3 Å². The van der Waals surface area contributed by atoms with Crippen LogP contribution < -0.4 is 4.74 Å². The van der Waals surface area contributed by atoms with Crippen LogP contribution >= 0.6 is 0 Å². The lowest BCUT2D eigenvalue weighted by Gasteiger charge is -2.40. The zero-order valence-electron chi connectivity index (χ0n) is 21.2. The molecule has 2 aliphatic carbocycles. The quantitative estimate of drug-likeness (QED) is 0.264. The predicted molar refractivity (Wildman–Crippen MR) is 134 cm³/mol. The summed E-state index contributed by atoms with van der Waals surface area (Å²) in [6.45, 7) is 4.88. The normalized spacial score (nSPS) is 32.0. The van der Waals surface area contributed by atoms with Gasteiger partial charge in [-0.2, -0.15) is 4.39 Å². The summed E-state index contributed by atoms with van der Waals surface area (Å²) < 4.78 is 39.7. The second kappa shape index (κ2) is 12.5. The molecule has 1 aromatic rings. The van der Waals surface area contributed by atoms with Gasteiger partial charge < -0.3 is 9.47 Å². The minimum Gasteiger partial charge on any atom is -0.490 e. The highest BCUT2D eigenvalue weighted by atomic mass is 19.2. The summed E-state index contributed by atoms with van der Waals surface area (Å²) in [5.74, 6) is 1.71. The first-order chi connectivity index (χ1) is 16.5. The van der Waals surface area contributed by atoms with Gasteiger partial charge in [-0.05, 0) is 100 Å². The molecular formula is C30H44F2O2. The standard InChI is InChI=1S/C30H44F2O2/c1-3-4-5-6-22-8-11-24(12-9-22)25-13-15-26(16-14-25)27-18-10-23(19-33-27)20-34-28-17-7-21(2)29(31)30(28)32/h7-8,11,17,22-27H,3-6,9-10,12-16,18-20H2,1-2H3. The van der Waals surface area contributed by atoms with Crippen molar-refractivity contribution in [2.75, 3.05) is 13.2 Å². The summed E-state index contributed by atoms with van der Waals surface area (Å²) in [4.78, 5) is 0. The summed E-state index contributed by atoms with van der Waals surface area (Å²) in [6.07, 6.45) is 21.0. The summed E-state index contributed by atoms with van der Waals surface area (Å²) >= 11 is 0. The van der Waals surface area contributed by atoms with Gasteiger partial charge in [0.25, 0.3) is 0 Å². The van der Waals surface area contributed by atoms with E-state index < -0.39 is 11.6 Å². The first-order valence-electron chi connectivity index (χ1n) is 13.9. The molecule has 1 aromatic carbocycles. The van der Waals surface area contributed by atoms with E-state index in [1.807, 2.05) is 0 Å². The van der Waals surface area contributed by atoms with Gasteiger partial charge in [-0.25, -0.2) is 4.39 Å². The predicted octanol–water partition coefficient (Wildman–Crippen LogP) is 8.42. The second-order valence-electron chi connectivity index (χ2n) is 11.2. The first kappa shape index (κ1) is 25.7. The van der Waals surface area contributed by atoms with Gasteiger partial charge in [-0.15, -0.1) is 0 Å². The molecule has 190 valence electrons. The van der Waals surface area contributed by atoms with Crippen LogP contribution in [0.15, 0.2) is 24.3 Å². The summed E-state index contributed by atoms with van der Waals surface area (Å²) in [5, 5.41) is 0. The molecule has 1 saturated carbocycles. The molecule has 3 aliphatic rings. The Hall–Kier alpha value is -1.42. The molecule has 4 rings (SSSR count).